The van der Waals surface area contributed by atoms with E-state index in [1.807, 2.05) is 31.4 Å². The van der Waals surface area contributed by atoms with Crippen molar-refractivity contribution >= 4 is 39.9 Å². The average Bonchev–Trinajstić information content (AvgIpc) is 3.47. The van der Waals surface area contributed by atoms with E-state index in [-0.39, 0.29) is 6.04 Å². The van der Waals surface area contributed by atoms with E-state index >= 15 is 0 Å². The number of carbonyl (C=O) groups excluding carboxylic acids is 2. The smallest absolute Gasteiger partial charge is 0.339 e. The molecule has 0 fully saturated rings. The minimum atomic E-state index is -0.612. The number of thiophene rings is 1. The van der Waals surface area contributed by atoms with E-state index in [2.05, 4.69) is 10.4 Å². The number of aromatic nitrogens is 3. The molecule has 0 aliphatic heterocycles. The summed E-state index contributed by atoms with van der Waals surface area (Å²) in [6.45, 7) is 3.56. The van der Waals surface area contributed by atoms with Gasteiger partial charge >= 0.3 is 5.97 Å². The Labute approximate surface area is 188 Å². The summed E-state index contributed by atoms with van der Waals surface area (Å²) in [4.78, 5) is 30.9. The van der Waals surface area contributed by atoms with Gasteiger partial charge in [-0.2, -0.15) is 5.10 Å². The van der Waals surface area contributed by atoms with E-state index in [4.69, 9.17) is 14.5 Å². The first kappa shape index (κ1) is 21.5. The maximum absolute atomic E-state index is 12.9. The highest BCUT2D eigenvalue weighted by molar-refractivity contribution is 7.13. The molecular formula is C23H22N4O4S. The SMILES string of the molecule is COc1cccc(NC(=O)COC(=O)c2cc(-c3cccs3)nc3c2cnn3C(C)C)c1. The van der Waals surface area contributed by atoms with Crippen LogP contribution in [0.15, 0.2) is 54.0 Å². The first-order valence-corrected chi connectivity index (χ1v) is 10.9. The molecule has 0 bridgehead atoms. The first-order chi connectivity index (χ1) is 15.5. The van der Waals surface area contributed by atoms with Crippen LogP contribution in [0.5, 0.6) is 5.75 Å². The fourth-order valence-corrected chi connectivity index (χ4v) is 3.91. The van der Waals surface area contributed by atoms with Gasteiger partial charge in [-0.3, -0.25) is 4.79 Å². The van der Waals surface area contributed by atoms with Crippen LogP contribution in [-0.2, 0) is 9.53 Å². The van der Waals surface area contributed by atoms with Crippen molar-refractivity contribution in [1.29, 1.82) is 0 Å². The second-order valence-electron chi connectivity index (χ2n) is 7.31. The zero-order chi connectivity index (χ0) is 22.7. The summed E-state index contributed by atoms with van der Waals surface area (Å²) in [7, 11) is 1.55. The normalized spacial score (nSPS) is 11.0. The Hall–Kier alpha value is -3.72. The first-order valence-electron chi connectivity index (χ1n) is 9.99. The van der Waals surface area contributed by atoms with Crippen molar-refractivity contribution in [2.75, 3.05) is 19.0 Å². The molecular weight excluding hydrogens is 428 g/mol. The second kappa shape index (κ2) is 9.19. The van der Waals surface area contributed by atoms with Crippen molar-refractivity contribution in [1.82, 2.24) is 14.8 Å². The van der Waals surface area contributed by atoms with Crippen molar-refractivity contribution in [2.45, 2.75) is 19.9 Å². The van der Waals surface area contributed by atoms with Crippen LogP contribution in [0, 0.1) is 0 Å². The third kappa shape index (κ3) is 4.47. The van der Waals surface area contributed by atoms with Gasteiger partial charge in [0.1, 0.15) is 5.75 Å². The number of ether oxygens (including phenoxy) is 2. The lowest BCUT2D eigenvalue weighted by atomic mass is 10.1. The number of nitrogens with zero attached hydrogens (tertiary/aromatic N) is 3. The Morgan fingerprint density at radius 2 is 2.03 bits per heavy atom. The number of hydrogen-bond acceptors (Lipinski definition) is 7. The Morgan fingerprint density at radius 3 is 2.75 bits per heavy atom. The third-order valence-corrected chi connectivity index (χ3v) is 5.63. The number of methoxy groups -OCH3 is 1. The number of benzene rings is 1. The minimum absolute atomic E-state index is 0.0658. The van der Waals surface area contributed by atoms with Gasteiger partial charge in [-0.05, 0) is 43.5 Å². The molecule has 3 aromatic heterocycles. The molecule has 0 atom stereocenters. The highest BCUT2D eigenvalue weighted by Crippen LogP contribution is 2.29. The molecule has 1 N–H and O–H groups in total. The van der Waals surface area contributed by atoms with Gasteiger partial charge in [0.15, 0.2) is 12.3 Å². The van der Waals surface area contributed by atoms with Crippen molar-refractivity contribution in [3.63, 3.8) is 0 Å². The number of pyridine rings is 1. The van der Waals surface area contributed by atoms with Crippen LogP contribution in [0.2, 0.25) is 0 Å². The van der Waals surface area contributed by atoms with Crippen molar-refractivity contribution in [3.8, 4) is 16.3 Å². The molecule has 0 aliphatic rings. The van der Waals surface area contributed by atoms with Crippen LogP contribution in [0.1, 0.15) is 30.2 Å². The monoisotopic (exact) mass is 450 g/mol. The summed E-state index contributed by atoms with van der Waals surface area (Å²) >= 11 is 1.53. The quantitative estimate of drug-likeness (QED) is 0.415. The maximum Gasteiger partial charge on any atom is 0.339 e. The molecule has 8 nitrogen and oxygen atoms in total. The zero-order valence-electron chi connectivity index (χ0n) is 17.9. The lowest BCUT2D eigenvalue weighted by Crippen LogP contribution is -2.21. The average molecular weight is 451 g/mol. The highest BCUT2D eigenvalue weighted by atomic mass is 32.1. The summed E-state index contributed by atoms with van der Waals surface area (Å²) in [5.41, 5.74) is 2.12. The van der Waals surface area contributed by atoms with E-state index < -0.39 is 18.5 Å². The molecule has 4 rings (SSSR count). The number of rotatable bonds is 7. The van der Waals surface area contributed by atoms with Crippen LogP contribution in [0.3, 0.4) is 0 Å². The van der Waals surface area contributed by atoms with Gasteiger partial charge in [0.05, 0.1) is 34.8 Å². The van der Waals surface area contributed by atoms with Crippen molar-refractivity contribution < 1.29 is 19.1 Å². The van der Waals surface area contributed by atoms with Crippen LogP contribution in [0.25, 0.3) is 21.6 Å². The largest absolute Gasteiger partial charge is 0.497 e. The van der Waals surface area contributed by atoms with E-state index in [1.54, 1.807) is 48.3 Å². The number of esters is 1. The maximum atomic E-state index is 12.9. The molecule has 0 saturated carbocycles. The molecule has 0 aliphatic carbocycles. The number of carbonyl (C=O) groups is 2. The predicted octanol–water partition coefficient (Wildman–Crippen LogP) is 4.54. The Morgan fingerprint density at radius 1 is 1.19 bits per heavy atom. The molecule has 32 heavy (non-hydrogen) atoms. The Bertz CT molecular complexity index is 1260. The van der Waals surface area contributed by atoms with Crippen LogP contribution in [0.4, 0.5) is 5.69 Å². The number of nitrogens with one attached hydrogen (secondary N) is 1. The third-order valence-electron chi connectivity index (χ3n) is 4.74. The molecule has 3 heterocycles. The van der Waals surface area contributed by atoms with Gasteiger partial charge in [-0.1, -0.05) is 12.1 Å². The van der Waals surface area contributed by atoms with Gasteiger partial charge < -0.3 is 14.8 Å². The lowest BCUT2D eigenvalue weighted by Gasteiger charge is -2.10. The number of anilines is 1. The van der Waals surface area contributed by atoms with Crippen molar-refractivity contribution in [2.24, 2.45) is 0 Å². The van der Waals surface area contributed by atoms with E-state index in [1.165, 1.54) is 11.3 Å². The van der Waals surface area contributed by atoms with Gasteiger partial charge in [0.2, 0.25) is 0 Å². The van der Waals surface area contributed by atoms with Gasteiger partial charge in [0.25, 0.3) is 5.91 Å². The molecule has 1 aromatic carbocycles. The fourth-order valence-electron chi connectivity index (χ4n) is 3.22. The number of fused-ring (bicyclic) bond motifs is 1. The molecule has 0 spiro atoms. The number of amides is 1. The second-order valence-corrected chi connectivity index (χ2v) is 8.26. The molecule has 1 amide bonds. The molecule has 0 saturated heterocycles. The summed E-state index contributed by atoms with van der Waals surface area (Å²) in [6.07, 6.45) is 1.60. The summed E-state index contributed by atoms with van der Waals surface area (Å²) in [6, 6.07) is 12.5. The minimum Gasteiger partial charge on any atom is -0.497 e. The van der Waals surface area contributed by atoms with E-state index in [0.29, 0.717) is 33.7 Å². The molecule has 0 radical (unpaired) electrons. The van der Waals surface area contributed by atoms with Crippen LogP contribution >= 0.6 is 11.3 Å². The fraction of sp³-hybridized carbons (Fsp3) is 0.217. The van der Waals surface area contributed by atoms with Gasteiger partial charge in [-0.15, -0.1) is 11.3 Å². The molecule has 0 unspecified atom stereocenters. The standard InChI is InChI=1S/C23H22N4O4S/c1-14(2)27-22-18(12-24-27)17(11-19(26-22)20-8-5-9-32-20)23(29)31-13-21(28)25-15-6-4-7-16(10-15)30-3/h4-12,14H,13H2,1-3H3,(H,25,28). The molecule has 4 aromatic rings. The molecule has 164 valence electrons. The van der Waals surface area contributed by atoms with Crippen molar-refractivity contribution in [3.05, 3.63) is 59.6 Å². The lowest BCUT2D eigenvalue weighted by molar-refractivity contribution is -0.119. The van der Waals surface area contributed by atoms with Gasteiger partial charge in [-0.25, -0.2) is 14.5 Å². The van der Waals surface area contributed by atoms with Crippen LogP contribution in [-0.4, -0.2) is 40.4 Å². The topological polar surface area (TPSA) is 95.3 Å². The Balaban J connectivity index is 1.56. The molecule has 9 heteroatoms. The highest BCUT2D eigenvalue weighted by Gasteiger charge is 2.20. The van der Waals surface area contributed by atoms with E-state index in [9.17, 15) is 9.59 Å². The predicted molar refractivity (Wildman–Crippen MR) is 123 cm³/mol. The van der Waals surface area contributed by atoms with Gasteiger partial charge in [0, 0.05) is 17.8 Å². The van der Waals surface area contributed by atoms with E-state index in [0.717, 1.165) is 4.88 Å². The number of hydrogen-bond donors (Lipinski definition) is 1. The zero-order valence-corrected chi connectivity index (χ0v) is 18.7. The summed E-state index contributed by atoms with van der Waals surface area (Å²) in [5, 5.41) is 9.60. The summed E-state index contributed by atoms with van der Waals surface area (Å²) < 4.78 is 12.2. The Kier molecular flexibility index (Phi) is 6.18. The van der Waals surface area contributed by atoms with Crippen LogP contribution < -0.4 is 10.1 Å². The summed E-state index contributed by atoms with van der Waals surface area (Å²) in [5.74, 6) is -0.449.